The Hall–Kier alpha value is -0.120. The fourth-order valence-electron chi connectivity index (χ4n) is 1.57. The van der Waals surface area contributed by atoms with E-state index in [0.29, 0.717) is 12.8 Å². The van der Waals surface area contributed by atoms with Crippen molar-refractivity contribution < 1.29 is 9.45 Å². The van der Waals surface area contributed by atoms with Crippen LogP contribution in [0.1, 0.15) is 25.7 Å². The molecular weight excluding hydrogens is 209 g/mol. The third-order valence-electron chi connectivity index (χ3n) is 2.24. The molecule has 0 radical (unpaired) electrons. The second-order valence-corrected chi connectivity index (χ2v) is 5.89. The Morgan fingerprint density at radius 2 is 2.00 bits per heavy atom. The zero-order valence-electron chi connectivity index (χ0n) is 7.51. The van der Waals surface area contributed by atoms with Crippen LogP contribution in [0.15, 0.2) is 0 Å². The van der Waals surface area contributed by atoms with Gasteiger partial charge in [-0.25, -0.2) is 0 Å². The van der Waals surface area contributed by atoms with E-state index in [1.165, 1.54) is 0 Å². The van der Waals surface area contributed by atoms with Crippen molar-refractivity contribution >= 4 is 18.7 Å². The zero-order chi connectivity index (χ0) is 9.84. The summed E-state index contributed by atoms with van der Waals surface area (Å²) in [5.74, 6) is 0. The van der Waals surface area contributed by atoms with Crippen LogP contribution in [0, 0.1) is 10.1 Å². The summed E-state index contributed by atoms with van der Waals surface area (Å²) in [6.07, 6.45) is 3.01. The second-order valence-electron chi connectivity index (χ2n) is 3.26. The highest BCUT2D eigenvalue weighted by molar-refractivity contribution is 8.02. The van der Waals surface area contributed by atoms with Gasteiger partial charge in [-0.2, -0.15) is 4.52 Å². The van der Waals surface area contributed by atoms with Crippen LogP contribution >= 0.6 is 6.92 Å². The van der Waals surface area contributed by atoms with Crippen LogP contribution < -0.4 is 0 Å². The first-order chi connectivity index (χ1) is 6.09. The van der Waals surface area contributed by atoms with Crippen LogP contribution in [0.4, 0.5) is 0 Å². The lowest BCUT2D eigenvalue weighted by atomic mass is 9.94. The van der Waals surface area contributed by atoms with Crippen LogP contribution in [-0.2, 0) is 16.3 Å². The third-order valence-corrected chi connectivity index (χ3v) is 3.09. The molecule has 0 aromatic heterocycles. The molecule has 1 unspecified atom stereocenters. The Kier molecular flexibility index (Phi) is 4.16. The topological polar surface area (TPSA) is 52.4 Å². The average Bonchev–Trinajstić information content (AvgIpc) is 2.04. The molecule has 0 bridgehead atoms. The van der Waals surface area contributed by atoms with Gasteiger partial charge in [0.15, 0.2) is 11.8 Å². The molecule has 0 amide bonds. The van der Waals surface area contributed by atoms with Crippen molar-refractivity contribution in [3.05, 3.63) is 10.1 Å². The van der Waals surface area contributed by atoms with Crippen molar-refractivity contribution in [2.24, 2.45) is 0 Å². The lowest BCUT2D eigenvalue weighted by Crippen LogP contribution is -2.28. The number of nitro groups is 1. The van der Waals surface area contributed by atoms with Gasteiger partial charge in [0.05, 0.1) is 0 Å². The highest BCUT2D eigenvalue weighted by Crippen LogP contribution is 2.29. The molecule has 0 heterocycles. The van der Waals surface area contributed by atoms with E-state index in [1.807, 2.05) is 6.66 Å². The molecule has 1 fully saturated rings. The lowest BCUT2D eigenvalue weighted by molar-refractivity contribution is -0.527. The molecule has 0 aromatic carbocycles. The van der Waals surface area contributed by atoms with E-state index < -0.39 is 6.92 Å². The van der Waals surface area contributed by atoms with Crippen molar-refractivity contribution in [3.8, 4) is 0 Å². The van der Waals surface area contributed by atoms with Gasteiger partial charge in [-0.1, -0.05) is 0 Å². The highest BCUT2D eigenvalue weighted by Gasteiger charge is 2.31. The predicted molar refractivity (Wildman–Crippen MR) is 54.3 cm³/mol. The Bertz CT molecular complexity index is 216. The Morgan fingerprint density at radius 1 is 1.46 bits per heavy atom. The first kappa shape index (κ1) is 11.0. The monoisotopic (exact) mass is 222 g/mol. The lowest BCUT2D eigenvalue weighted by Gasteiger charge is -2.19. The molecule has 1 aliphatic rings. The molecule has 0 aromatic rings. The fraction of sp³-hybridized carbons (Fsp3) is 1.00. The molecule has 13 heavy (non-hydrogen) atoms. The van der Waals surface area contributed by atoms with Crippen molar-refractivity contribution in [1.82, 2.24) is 0 Å². The molecule has 0 saturated heterocycles. The molecule has 4 nitrogen and oxygen atoms in total. The first-order valence-electron chi connectivity index (χ1n) is 4.30. The summed E-state index contributed by atoms with van der Waals surface area (Å²) in [5, 5.41) is 10.4. The van der Waals surface area contributed by atoms with Gasteiger partial charge in [-0.15, -0.1) is 0 Å². The fourth-order valence-corrected chi connectivity index (χ4v) is 2.57. The van der Waals surface area contributed by atoms with Crippen LogP contribution in [0.2, 0.25) is 0 Å². The molecule has 1 aliphatic carbocycles. The summed E-state index contributed by atoms with van der Waals surface area (Å²) < 4.78 is 5.48. The molecule has 74 valence electrons. The summed E-state index contributed by atoms with van der Waals surface area (Å²) in [5.41, 5.74) is 0. The second kappa shape index (κ2) is 4.94. The molecular formula is C7H13NO3PS+. The Morgan fingerprint density at radius 3 is 2.38 bits per heavy atom. The minimum absolute atomic E-state index is 0.171. The molecule has 0 N–H and O–H groups in total. The molecule has 1 atom stereocenters. The van der Waals surface area contributed by atoms with Crippen molar-refractivity contribution in [1.29, 1.82) is 0 Å². The van der Waals surface area contributed by atoms with E-state index in [-0.39, 0.29) is 17.1 Å². The van der Waals surface area contributed by atoms with E-state index >= 15 is 0 Å². The summed E-state index contributed by atoms with van der Waals surface area (Å²) in [4.78, 5) is 10.2. The summed E-state index contributed by atoms with van der Waals surface area (Å²) in [6, 6.07) is -0.354. The highest BCUT2D eigenvalue weighted by atomic mass is 32.4. The van der Waals surface area contributed by atoms with Gasteiger partial charge in [0, 0.05) is 17.8 Å². The average molecular weight is 222 g/mol. The third kappa shape index (κ3) is 3.63. The zero-order valence-corrected chi connectivity index (χ0v) is 9.22. The van der Waals surface area contributed by atoms with Crippen LogP contribution in [0.25, 0.3) is 0 Å². The van der Waals surface area contributed by atoms with E-state index in [4.69, 9.17) is 16.3 Å². The molecule has 6 heteroatoms. The van der Waals surface area contributed by atoms with E-state index in [9.17, 15) is 10.1 Å². The maximum atomic E-state index is 10.4. The summed E-state index contributed by atoms with van der Waals surface area (Å²) >= 11 is 4.95. The minimum atomic E-state index is -0.739. The van der Waals surface area contributed by atoms with Gasteiger partial charge in [0.2, 0.25) is 6.04 Å². The summed E-state index contributed by atoms with van der Waals surface area (Å²) in [7, 11) is 0. The Labute approximate surface area is 83.3 Å². The maximum Gasteiger partial charge on any atom is 0.334 e. The smallest absolute Gasteiger partial charge is 0.264 e. The Balaban J connectivity index is 2.30. The molecule has 0 spiro atoms. The quantitative estimate of drug-likeness (QED) is 0.416. The molecule has 0 aliphatic heterocycles. The standard InChI is InChI=1S/C7H13NO3PS/c1-12(13)11-7-4-2-6(3-5-7)8(9)10/h6-7H,2-5H2,1H3/q+1. The van der Waals surface area contributed by atoms with E-state index in [0.717, 1.165) is 12.8 Å². The molecule has 1 rings (SSSR count). The van der Waals surface area contributed by atoms with E-state index in [2.05, 4.69) is 0 Å². The van der Waals surface area contributed by atoms with Crippen molar-refractivity contribution in [3.63, 3.8) is 0 Å². The number of nitrogens with zero attached hydrogens (tertiary/aromatic N) is 1. The maximum absolute atomic E-state index is 10.4. The van der Waals surface area contributed by atoms with Gasteiger partial charge >= 0.3 is 6.92 Å². The summed E-state index contributed by atoms with van der Waals surface area (Å²) in [6.45, 7) is 1.14. The minimum Gasteiger partial charge on any atom is -0.264 e. The number of hydrogen-bond acceptors (Lipinski definition) is 4. The first-order valence-corrected chi connectivity index (χ1v) is 7.02. The number of rotatable bonds is 3. The largest absolute Gasteiger partial charge is 0.334 e. The normalized spacial score (nSPS) is 29.8. The van der Waals surface area contributed by atoms with Gasteiger partial charge in [-0.05, 0) is 12.8 Å². The van der Waals surface area contributed by atoms with Gasteiger partial charge < -0.3 is 0 Å². The van der Waals surface area contributed by atoms with Crippen molar-refractivity contribution in [2.75, 3.05) is 6.66 Å². The van der Waals surface area contributed by atoms with Crippen LogP contribution in [0.5, 0.6) is 0 Å². The van der Waals surface area contributed by atoms with Crippen LogP contribution in [-0.4, -0.2) is 23.7 Å². The molecule has 1 saturated carbocycles. The van der Waals surface area contributed by atoms with Gasteiger partial charge in [-0.3, -0.25) is 10.1 Å². The number of hydrogen-bond donors (Lipinski definition) is 0. The van der Waals surface area contributed by atoms with E-state index in [1.54, 1.807) is 0 Å². The van der Waals surface area contributed by atoms with Crippen molar-refractivity contribution in [2.45, 2.75) is 37.8 Å². The van der Waals surface area contributed by atoms with Crippen LogP contribution in [0.3, 0.4) is 0 Å². The van der Waals surface area contributed by atoms with Gasteiger partial charge in [0.25, 0.3) is 0 Å². The van der Waals surface area contributed by atoms with Gasteiger partial charge in [0.1, 0.15) is 12.8 Å². The predicted octanol–water partition coefficient (Wildman–Crippen LogP) is 2.08. The SMILES string of the molecule is C[P+](=S)OC1CCC([N+](=O)[O-])CC1.